The number of halogens is 1. The van der Waals surface area contributed by atoms with Crippen LogP contribution in [0.2, 0.25) is 0 Å². The van der Waals surface area contributed by atoms with Gasteiger partial charge < -0.3 is 10.1 Å². The summed E-state index contributed by atoms with van der Waals surface area (Å²) in [4.78, 5) is 11.8. The van der Waals surface area contributed by atoms with E-state index in [1.807, 2.05) is 0 Å². The highest BCUT2D eigenvalue weighted by Crippen LogP contribution is 2.27. The number of amides is 1. The molecule has 0 aromatic carbocycles. The first-order valence-corrected chi connectivity index (χ1v) is 6.32. The zero-order valence-electron chi connectivity index (χ0n) is 8.88. The topological polar surface area (TPSA) is 38.3 Å². The Morgan fingerprint density at radius 3 is 2.87 bits per heavy atom. The van der Waals surface area contributed by atoms with Crippen LogP contribution < -0.4 is 5.32 Å². The standard InChI is InChI=1S/C11H18ClNO2/c12-7-8-3-1-4-9(8)13-11(14)10-5-2-6-15-10/h8-10H,1-7H2,(H,13,14). The molecule has 0 radical (unpaired) electrons. The van der Waals surface area contributed by atoms with Gasteiger partial charge in [0, 0.05) is 18.5 Å². The van der Waals surface area contributed by atoms with E-state index in [-0.39, 0.29) is 18.1 Å². The Balaban J connectivity index is 1.82. The maximum Gasteiger partial charge on any atom is 0.249 e. The summed E-state index contributed by atoms with van der Waals surface area (Å²) in [7, 11) is 0. The highest BCUT2D eigenvalue weighted by molar-refractivity contribution is 6.18. The average molecular weight is 232 g/mol. The van der Waals surface area contributed by atoms with Crippen LogP contribution in [-0.4, -0.2) is 30.5 Å². The molecule has 2 aliphatic rings. The third-order valence-electron chi connectivity index (χ3n) is 3.41. The van der Waals surface area contributed by atoms with Crippen molar-refractivity contribution in [3.8, 4) is 0 Å². The molecule has 3 atom stereocenters. The van der Waals surface area contributed by atoms with Crippen molar-refractivity contribution < 1.29 is 9.53 Å². The second-order valence-corrected chi connectivity index (χ2v) is 4.77. The minimum atomic E-state index is -0.207. The molecule has 0 aromatic rings. The van der Waals surface area contributed by atoms with E-state index in [1.54, 1.807) is 0 Å². The molecule has 0 spiro atoms. The van der Waals surface area contributed by atoms with Crippen molar-refractivity contribution in [2.24, 2.45) is 5.92 Å². The van der Waals surface area contributed by atoms with Gasteiger partial charge >= 0.3 is 0 Å². The molecule has 4 heteroatoms. The highest BCUT2D eigenvalue weighted by atomic mass is 35.5. The van der Waals surface area contributed by atoms with E-state index in [4.69, 9.17) is 16.3 Å². The van der Waals surface area contributed by atoms with Crippen molar-refractivity contribution in [1.29, 1.82) is 0 Å². The molecule has 3 unspecified atom stereocenters. The van der Waals surface area contributed by atoms with E-state index in [9.17, 15) is 4.79 Å². The van der Waals surface area contributed by atoms with Gasteiger partial charge in [0.25, 0.3) is 0 Å². The van der Waals surface area contributed by atoms with E-state index in [0.29, 0.717) is 11.8 Å². The van der Waals surface area contributed by atoms with Gasteiger partial charge in [0.05, 0.1) is 0 Å². The lowest BCUT2D eigenvalue weighted by molar-refractivity contribution is -0.131. The van der Waals surface area contributed by atoms with Crippen LogP contribution in [-0.2, 0) is 9.53 Å². The fourth-order valence-electron chi connectivity index (χ4n) is 2.47. The van der Waals surface area contributed by atoms with Crippen molar-refractivity contribution in [2.75, 3.05) is 12.5 Å². The summed E-state index contributed by atoms with van der Waals surface area (Å²) in [6.45, 7) is 0.724. The molecule has 1 aliphatic carbocycles. The van der Waals surface area contributed by atoms with Crippen LogP contribution in [0.3, 0.4) is 0 Å². The van der Waals surface area contributed by atoms with E-state index in [1.165, 1.54) is 6.42 Å². The number of nitrogens with one attached hydrogen (secondary N) is 1. The fraction of sp³-hybridized carbons (Fsp3) is 0.909. The van der Waals surface area contributed by atoms with Crippen molar-refractivity contribution in [3.05, 3.63) is 0 Å². The number of hydrogen-bond acceptors (Lipinski definition) is 2. The molecule has 1 heterocycles. The SMILES string of the molecule is O=C(NC1CCCC1CCl)C1CCCO1. The third-order valence-corrected chi connectivity index (χ3v) is 3.80. The molecule has 1 N–H and O–H groups in total. The van der Waals surface area contributed by atoms with Crippen molar-refractivity contribution in [2.45, 2.75) is 44.2 Å². The lowest BCUT2D eigenvalue weighted by atomic mass is 10.1. The summed E-state index contributed by atoms with van der Waals surface area (Å²) < 4.78 is 5.35. The van der Waals surface area contributed by atoms with Crippen LogP contribution in [0, 0.1) is 5.92 Å². The summed E-state index contributed by atoms with van der Waals surface area (Å²) in [5, 5.41) is 3.07. The van der Waals surface area contributed by atoms with Crippen LogP contribution in [0.25, 0.3) is 0 Å². The third kappa shape index (κ3) is 2.64. The minimum absolute atomic E-state index is 0.0644. The first-order valence-electron chi connectivity index (χ1n) is 5.79. The Kier molecular flexibility index (Phi) is 3.87. The molecule has 1 saturated carbocycles. The Hall–Kier alpha value is -0.280. The van der Waals surface area contributed by atoms with Gasteiger partial charge in [-0.25, -0.2) is 0 Å². The monoisotopic (exact) mass is 231 g/mol. The lowest BCUT2D eigenvalue weighted by Gasteiger charge is -2.20. The lowest BCUT2D eigenvalue weighted by Crippen LogP contribution is -2.43. The summed E-state index contributed by atoms with van der Waals surface area (Å²) in [6, 6.07) is 0.277. The van der Waals surface area contributed by atoms with Crippen molar-refractivity contribution in [1.82, 2.24) is 5.32 Å². The van der Waals surface area contributed by atoms with Gasteiger partial charge in [-0.2, -0.15) is 0 Å². The van der Waals surface area contributed by atoms with E-state index < -0.39 is 0 Å². The van der Waals surface area contributed by atoms with Crippen molar-refractivity contribution in [3.63, 3.8) is 0 Å². The number of rotatable bonds is 3. The molecule has 1 aliphatic heterocycles. The van der Waals surface area contributed by atoms with Gasteiger partial charge in [0.1, 0.15) is 6.10 Å². The normalized spacial score (nSPS) is 35.7. The van der Waals surface area contributed by atoms with Crippen molar-refractivity contribution >= 4 is 17.5 Å². The number of carbonyl (C=O) groups excluding carboxylic acids is 1. The summed E-state index contributed by atoms with van der Waals surface area (Å²) >= 11 is 5.86. The fourth-order valence-corrected chi connectivity index (χ4v) is 2.84. The Morgan fingerprint density at radius 2 is 2.20 bits per heavy atom. The number of alkyl halides is 1. The quantitative estimate of drug-likeness (QED) is 0.751. The number of hydrogen-bond donors (Lipinski definition) is 1. The summed E-state index contributed by atoms with van der Waals surface area (Å²) in [5.74, 6) is 1.17. The second-order valence-electron chi connectivity index (χ2n) is 4.46. The van der Waals surface area contributed by atoms with E-state index in [2.05, 4.69) is 5.32 Å². The molecule has 2 rings (SSSR count). The van der Waals surface area contributed by atoms with Gasteiger partial charge in [-0.15, -0.1) is 11.6 Å². The van der Waals surface area contributed by atoms with Crippen LogP contribution in [0.4, 0.5) is 0 Å². The average Bonchev–Trinajstić information content (AvgIpc) is 2.87. The Morgan fingerprint density at radius 1 is 1.33 bits per heavy atom. The maximum absolute atomic E-state index is 11.8. The molecule has 1 saturated heterocycles. The second kappa shape index (κ2) is 5.17. The van der Waals surface area contributed by atoms with E-state index >= 15 is 0 Å². The van der Waals surface area contributed by atoms with Crippen LogP contribution in [0.1, 0.15) is 32.1 Å². The molecule has 0 bridgehead atoms. The predicted molar refractivity (Wildman–Crippen MR) is 59.0 cm³/mol. The first kappa shape index (κ1) is 11.2. The molecular formula is C11H18ClNO2. The number of carbonyl (C=O) groups is 1. The Bertz CT molecular complexity index is 229. The van der Waals surface area contributed by atoms with Gasteiger partial charge in [-0.3, -0.25) is 4.79 Å². The largest absolute Gasteiger partial charge is 0.368 e. The van der Waals surface area contributed by atoms with Crippen LogP contribution in [0.15, 0.2) is 0 Å². The smallest absolute Gasteiger partial charge is 0.249 e. The molecular weight excluding hydrogens is 214 g/mol. The van der Waals surface area contributed by atoms with Crippen LogP contribution >= 0.6 is 11.6 Å². The maximum atomic E-state index is 11.8. The highest BCUT2D eigenvalue weighted by Gasteiger charge is 2.31. The zero-order chi connectivity index (χ0) is 10.7. The zero-order valence-corrected chi connectivity index (χ0v) is 9.63. The van der Waals surface area contributed by atoms with Gasteiger partial charge in [0.2, 0.25) is 5.91 Å². The predicted octanol–water partition coefficient (Wildman–Crippen LogP) is 1.69. The molecule has 0 aromatic heterocycles. The van der Waals surface area contributed by atoms with Gasteiger partial charge in [-0.1, -0.05) is 6.42 Å². The van der Waals surface area contributed by atoms with Gasteiger partial charge in [0.15, 0.2) is 0 Å². The molecule has 15 heavy (non-hydrogen) atoms. The van der Waals surface area contributed by atoms with E-state index in [0.717, 1.165) is 32.3 Å². The Labute approximate surface area is 95.5 Å². The minimum Gasteiger partial charge on any atom is -0.368 e. The van der Waals surface area contributed by atoms with Gasteiger partial charge in [-0.05, 0) is 31.6 Å². The molecule has 2 fully saturated rings. The number of ether oxygens (including phenoxy) is 1. The molecule has 86 valence electrons. The first-order chi connectivity index (χ1) is 7.31. The van der Waals surface area contributed by atoms with Crippen LogP contribution in [0.5, 0.6) is 0 Å². The molecule has 1 amide bonds. The summed E-state index contributed by atoms with van der Waals surface area (Å²) in [5.41, 5.74) is 0. The molecule has 3 nitrogen and oxygen atoms in total. The summed E-state index contributed by atoms with van der Waals surface area (Å²) in [6.07, 6.45) is 5.04.